The van der Waals surface area contributed by atoms with Crippen molar-refractivity contribution < 1.29 is 17.9 Å². The van der Waals surface area contributed by atoms with Gasteiger partial charge in [0.25, 0.3) is 6.43 Å². The maximum Gasteiger partial charge on any atom is 0.329 e. The van der Waals surface area contributed by atoms with Crippen LogP contribution in [0.15, 0.2) is 35.1 Å². The highest BCUT2D eigenvalue weighted by atomic mass is 19.3. The zero-order valence-corrected chi connectivity index (χ0v) is 19.0. The van der Waals surface area contributed by atoms with E-state index in [1.807, 2.05) is 19.1 Å². The van der Waals surface area contributed by atoms with E-state index in [4.69, 9.17) is 4.74 Å². The van der Waals surface area contributed by atoms with Crippen LogP contribution < -0.4 is 11.0 Å². The van der Waals surface area contributed by atoms with Crippen LogP contribution in [0.4, 0.5) is 19.0 Å². The Balaban J connectivity index is 1.64. The molecule has 1 fully saturated rings. The molecule has 0 bridgehead atoms. The summed E-state index contributed by atoms with van der Waals surface area (Å²) in [6.07, 6.45) is -2.16. The molecular formula is C24H24F3N5O2. The zero-order chi connectivity index (χ0) is 24.1. The van der Waals surface area contributed by atoms with E-state index in [0.717, 1.165) is 28.9 Å². The molecule has 7 nitrogen and oxygen atoms in total. The summed E-state index contributed by atoms with van der Waals surface area (Å²) in [5.74, 6) is -0.565. The second-order valence-corrected chi connectivity index (χ2v) is 8.67. The number of hydrogen-bond donors (Lipinski definition) is 1. The molecule has 0 spiro atoms. The van der Waals surface area contributed by atoms with Crippen LogP contribution in [-0.4, -0.2) is 32.5 Å². The first-order valence-corrected chi connectivity index (χ1v) is 11.1. The van der Waals surface area contributed by atoms with Crippen LogP contribution in [0.25, 0.3) is 21.8 Å². The summed E-state index contributed by atoms with van der Waals surface area (Å²) in [5.41, 5.74) is 1.51. The molecule has 1 N–H and O–H groups in total. The molecule has 5 rings (SSSR count). The number of alkyl halides is 2. The van der Waals surface area contributed by atoms with Crippen molar-refractivity contribution in [2.75, 3.05) is 18.5 Å². The quantitative estimate of drug-likeness (QED) is 0.453. The minimum Gasteiger partial charge on any atom is -0.379 e. The monoisotopic (exact) mass is 471 g/mol. The Bertz CT molecular complexity index is 1460. The van der Waals surface area contributed by atoms with Gasteiger partial charge in [0.2, 0.25) is 0 Å². The number of nitrogens with one attached hydrogen (secondary N) is 1. The third-order valence-corrected chi connectivity index (χ3v) is 6.56. The molecule has 0 aliphatic carbocycles. The highest BCUT2D eigenvalue weighted by Gasteiger charge is 2.25. The van der Waals surface area contributed by atoms with Gasteiger partial charge in [-0.1, -0.05) is 18.2 Å². The summed E-state index contributed by atoms with van der Waals surface area (Å²) < 4.78 is 49.9. The molecular weight excluding hydrogens is 447 g/mol. The summed E-state index contributed by atoms with van der Waals surface area (Å²) in [7, 11) is 1.73. The fourth-order valence-corrected chi connectivity index (χ4v) is 4.67. The number of rotatable bonds is 5. The van der Waals surface area contributed by atoms with Crippen molar-refractivity contribution in [3.63, 3.8) is 0 Å². The number of hydrogen-bond acceptors (Lipinski definition) is 5. The van der Waals surface area contributed by atoms with E-state index in [0.29, 0.717) is 30.1 Å². The van der Waals surface area contributed by atoms with Crippen molar-refractivity contribution >= 4 is 27.6 Å². The summed E-state index contributed by atoms with van der Waals surface area (Å²) in [6.45, 7) is 4.56. The summed E-state index contributed by atoms with van der Waals surface area (Å²) >= 11 is 0. The average molecular weight is 471 g/mol. The van der Waals surface area contributed by atoms with E-state index >= 15 is 0 Å². The molecule has 10 heteroatoms. The zero-order valence-electron chi connectivity index (χ0n) is 19.0. The molecule has 34 heavy (non-hydrogen) atoms. The van der Waals surface area contributed by atoms with Crippen LogP contribution in [0.1, 0.15) is 48.7 Å². The van der Waals surface area contributed by atoms with Gasteiger partial charge in [-0.3, -0.25) is 9.13 Å². The van der Waals surface area contributed by atoms with Crippen LogP contribution in [0, 0.1) is 12.7 Å². The second-order valence-electron chi connectivity index (χ2n) is 8.67. The fourth-order valence-electron chi connectivity index (χ4n) is 4.67. The predicted octanol–water partition coefficient (Wildman–Crippen LogP) is 4.80. The molecule has 1 aliphatic heterocycles. The third-order valence-electron chi connectivity index (χ3n) is 6.56. The van der Waals surface area contributed by atoms with Crippen molar-refractivity contribution in [2.24, 2.45) is 7.05 Å². The number of halogens is 3. The van der Waals surface area contributed by atoms with Gasteiger partial charge in [0, 0.05) is 30.0 Å². The van der Waals surface area contributed by atoms with E-state index < -0.39 is 23.8 Å². The van der Waals surface area contributed by atoms with E-state index in [1.165, 1.54) is 12.1 Å². The van der Waals surface area contributed by atoms with Crippen molar-refractivity contribution in [1.82, 2.24) is 19.3 Å². The molecule has 2 atom stereocenters. The summed E-state index contributed by atoms with van der Waals surface area (Å²) in [4.78, 5) is 13.0. The van der Waals surface area contributed by atoms with Gasteiger partial charge < -0.3 is 10.1 Å². The van der Waals surface area contributed by atoms with Gasteiger partial charge in [-0.05, 0) is 32.4 Å². The third kappa shape index (κ3) is 3.53. The lowest BCUT2D eigenvalue weighted by Gasteiger charge is -2.18. The van der Waals surface area contributed by atoms with Gasteiger partial charge in [-0.25, -0.2) is 18.0 Å². The Morgan fingerprint density at radius 2 is 1.88 bits per heavy atom. The average Bonchev–Trinajstić information content (AvgIpc) is 3.41. The number of aromatic nitrogens is 4. The van der Waals surface area contributed by atoms with Crippen LogP contribution in [0.2, 0.25) is 0 Å². The van der Waals surface area contributed by atoms with E-state index in [9.17, 15) is 18.0 Å². The van der Waals surface area contributed by atoms with Crippen LogP contribution >= 0.6 is 0 Å². The lowest BCUT2D eigenvalue weighted by molar-refractivity contribution is 0.146. The van der Waals surface area contributed by atoms with E-state index in [2.05, 4.69) is 15.5 Å². The number of imidazole rings is 1. The molecule has 1 aliphatic rings. The first-order chi connectivity index (χ1) is 16.3. The molecule has 178 valence electrons. The summed E-state index contributed by atoms with van der Waals surface area (Å²) in [6, 6.07) is 7.02. The lowest BCUT2D eigenvalue weighted by atomic mass is 10.0. The summed E-state index contributed by atoms with van der Waals surface area (Å²) in [5, 5.41) is 13.1. The SMILES string of the molecule is Cc1nnc(N[C@H](C)c2cccc(C(F)F)c2F)c2cc3c(cc12)n(C)c(=O)n3[C@H]1CCOC1. The maximum absolute atomic E-state index is 14.7. The van der Waals surface area contributed by atoms with Gasteiger partial charge in [0.1, 0.15) is 5.82 Å². The number of aryl methyl sites for hydroxylation is 2. The van der Waals surface area contributed by atoms with E-state index in [1.54, 1.807) is 23.1 Å². The van der Waals surface area contributed by atoms with Crippen molar-refractivity contribution in [2.45, 2.75) is 38.8 Å². The van der Waals surface area contributed by atoms with Crippen molar-refractivity contribution in [3.05, 3.63) is 63.5 Å². The Kier molecular flexibility index (Phi) is 5.55. The molecule has 2 aromatic heterocycles. The number of anilines is 1. The second kappa shape index (κ2) is 8.43. The molecule has 1 saturated heterocycles. The van der Waals surface area contributed by atoms with E-state index in [-0.39, 0.29) is 17.3 Å². The lowest BCUT2D eigenvalue weighted by Crippen LogP contribution is -2.26. The Hall–Kier alpha value is -3.40. The largest absolute Gasteiger partial charge is 0.379 e. The van der Waals surface area contributed by atoms with Gasteiger partial charge in [-0.2, -0.15) is 5.10 Å². The molecule has 3 heterocycles. The molecule has 2 aromatic carbocycles. The number of benzene rings is 2. The van der Waals surface area contributed by atoms with Crippen molar-refractivity contribution in [3.8, 4) is 0 Å². The first-order valence-electron chi connectivity index (χ1n) is 11.1. The fraction of sp³-hybridized carbons (Fsp3) is 0.375. The molecule has 0 unspecified atom stereocenters. The van der Waals surface area contributed by atoms with Crippen LogP contribution in [-0.2, 0) is 11.8 Å². The molecule has 0 saturated carbocycles. The minimum absolute atomic E-state index is 0.0638. The number of ether oxygens (including phenoxy) is 1. The number of nitrogens with zero attached hydrogens (tertiary/aromatic N) is 4. The minimum atomic E-state index is -2.91. The standard InChI is InChI=1S/C24H24F3N5O2/c1-12(15-5-4-6-16(21(15)25)22(26)27)28-23-18-10-20-19(9-17(18)13(2)29-30-23)31(3)24(33)32(20)14-7-8-34-11-14/h4-6,9-10,12,14,22H,7-8,11H2,1-3H3,(H,28,30)/t12-,14+/m1/s1. The Morgan fingerprint density at radius 1 is 1.15 bits per heavy atom. The highest BCUT2D eigenvalue weighted by molar-refractivity contribution is 6.01. The predicted molar refractivity (Wildman–Crippen MR) is 123 cm³/mol. The van der Waals surface area contributed by atoms with Crippen LogP contribution in [0.3, 0.4) is 0 Å². The highest BCUT2D eigenvalue weighted by Crippen LogP contribution is 2.33. The normalized spacial score (nSPS) is 17.2. The Morgan fingerprint density at radius 3 is 2.59 bits per heavy atom. The van der Waals surface area contributed by atoms with Gasteiger partial charge in [0.15, 0.2) is 5.82 Å². The topological polar surface area (TPSA) is 74.0 Å². The first kappa shape index (κ1) is 22.4. The van der Waals surface area contributed by atoms with Gasteiger partial charge in [0.05, 0.1) is 41.0 Å². The van der Waals surface area contributed by atoms with Gasteiger partial charge in [-0.15, -0.1) is 5.10 Å². The Labute approximate surface area is 193 Å². The van der Waals surface area contributed by atoms with Crippen LogP contribution in [0.5, 0.6) is 0 Å². The molecule has 0 radical (unpaired) electrons. The van der Waals surface area contributed by atoms with Crippen molar-refractivity contribution in [1.29, 1.82) is 0 Å². The molecule has 0 amide bonds. The molecule has 4 aromatic rings. The smallest absolute Gasteiger partial charge is 0.329 e. The number of fused-ring (bicyclic) bond motifs is 2. The maximum atomic E-state index is 14.7. The van der Waals surface area contributed by atoms with Gasteiger partial charge >= 0.3 is 5.69 Å².